The normalized spacial score (nSPS) is 10.7. The summed E-state index contributed by atoms with van der Waals surface area (Å²) < 4.78 is 42.8. The number of hydrogen-bond acceptors (Lipinski definition) is 4. The Bertz CT molecular complexity index is 559. The first-order valence-electron chi connectivity index (χ1n) is 5.12. The molecule has 0 aliphatic carbocycles. The molecule has 0 unspecified atom stereocenters. The van der Waals surface area contributed by atoms with E-state index in [0.29, 0.717) is 6.07 Å². The molecule has 4 nitrogen and oxygen atoms in total. The summed E-state index contributed by atoms with van der Waals surface area (Å²) in [5, 5.41) is 8.67. The lowest BCUT2D eigenvalue weighted by atomic mass is 9.98. The minimum Gasteiger partial charge on any atom is -0.462 e. The van der Waals surface area contributed by atoms with Crippen LogP contribution in [0.4, 0.5) is 13.2 Å². The Morgan fingerprint density at radius 3 is 2.53 bits per heavy atom. The van der Waals surface area contributed by atoms with Gasteiger partial charge in [-0.05, 0) is 19.1 Å². The third-order valence-corrected chi connectivity index (χ3v) is 2.23. The Labute approximate surface area is 106 Å². The Morgan fingerprint density at radius 1 is 1.47 bits per heavy atom. The van der Waals surface area contributed by atoms with Crippen LogP contribution in [0.25, 0.3) is 0 Å². The van der Waals surface area contributed by atoms with E-state index < -0.39 is 28.8 Å². The molecule has 0 bridgehead atoms. The fourth-order valence-corrected chi connectivity index (χ4v) is 1.46. The third-order valence-electron chi connectivity index (χ3n) is 2.23. The summed E-state index contributed by atoms with van der Waals surface area (Å²) in [6.45, 7) is 1.41. The highest BCUT2D eigenvalue weighted by atomic mass is 19.4. The molecular formula is C12H8F3NO3. The Kier molecular flexibility index (Phi) is 4.27. The maximum atomic E-state index is 12.8. The zero-order chi connectivity index (χ0) is 14.6. The molecule has 1 rings (SSSR count). The number of nitriles is 1. The van der Waals surface area contributed by atoms with Crippen molar-refractivity contribution in [2.24, 2.45) is 0 Å². The smallest absolute Gasteiger partial charge is 0.417 e. The second-order valence-electron chi connectivity index (χ2n) is 3.43. The number of esters is 1. The lowest BCUT2D eigenvalue weighted by molar-refractivity contribution is -0.137. The van der Waals surface area contributed by atoms with Crippen molar-refractivity contribution in [3.8, 4) is 6.07 Å². The van der Waals surface area contributed by atoms with E-state index in [0.717, 1.165) is 6.07 Å². The molecule has 0 saturated heterocycles. The van der Waals surface area contributed by atoms with Crippen molar-refractivity contribution < 1.29 is 27.5 Å². The summed E-state index contributed by atoms with van der Waals surface area (Å²) >= 11 is 0. The SMILES string of the molecule is CCOC(=O)c1cc(C#N)cc(C(F)(F)F)c1C=O. The number of ether oxygens (including phenoxy) is 1. The van der Waals surface area contributed by atoms with E-state index in [-0.39, 0.29) is 18.5 Å². The maximum Gasteiger partial charge on any atom is 0.417 e. The van der Waals surface area contributed by atoms with Gasteiger partial charge in [-0.3, -0.25) is 4.79 Å². The molecule has 0 radical (unpaired) electrons. The van der Waals surface area contributed by atoms with Gasteiger partial charge in [0.05, 0.1) is 29.4 Å². The fourth-order valence-electron chi connectivity index (χ4n) is 1.46. The summed E-state index contributed by atoms with van der Waals surface area (Å²) in [6, 6.07) is 2.92. The molecule has 7 heteroatoms. The molecule has 19 heavy (non-hydrogen) atoms. The van der Waals surface area contributed by atoms with E-state index in [9.17, 15) is 22.8 Å². The van der Waals surface area contributed by atoms with Crippen LogP contribution in [-0.4, -0.2) is 18.9 Å². The van der Waals surface area contributed by atoms with Gasteiger partial charge in [0.2, 0.25) is 0 Å². The highest BCUT2D eigenvalue weighted by molar-refractivity contribution is 5.99. The van der Waals surface area contributed by atoms with Crippen molar-refractivity contribution in [1.29, 1.82) is 5.26 Å². The summed E-state index contributed by atoms with van der Waals surface area (Å²) in [6.07, 6.45) is -4.92. The van der Waals surface area contributed by atoms with E-state index >= 15 is 0 Å². The first kappa shape index (κ1) is 14.7. The van der Waals surface area contributed by atoms with E-state index in [1.165, 1.54) is 13.0 Å². The number of benzene rings is 1. The molecule has 0 fully saturated rings. The van der Waals surface area contributed by atoms with E-state index in [4.69, 9.17) is 5.26 Å². The zero-order valence-corrected chi connectivity index (χ0v) is 9.75. The summed E-state index contributed by atoms with van der Waals surface area (Å²) in [5.41, 5.74) is -3.10. The van der Waals surface area contributed by atoms with Crippen LogP contribution in [0.15, 0.2) is 12.1 Å². The lowest BCUT2D eigenvalue weighted by Crippen LogP contribution is -2.16. The highest BCUT2D eigenvalue weighted by Crippen LogP contribution is 2.33. The zero-order valence-electron chi connectivity index (χ0n) is 9.75. The number of alkyl halides is 3. The number of aldehydes is 1. The molecule has 0 aliphatic heterocycles. The van der Waals surface area contributed by atoms with Gasteiger partial charge in [0.25, 0.3) is 0 Å². The Hall–Kier alpha value is -2.36. The van der Waals surface area contributed by atoms with Crippen molar-refractivity contribution in [3.05, 3.63) is 34.4 Å². The monoisotopic (exact) mass is 271 g/mol. The molecule has 0 aliphatic rings. The first-order valence-corrected chi connectivity index (χ1v) is 5.12. The van der Waals surface area contributed by atoms with Crippen LogP contribution in [0.3, 0.4) is 0 Å². The number of carbonyl (C=O) groups excluding carboxylic acids is 2. The number of nitrogens with zero attached hydrogens (tertiary/aromatic N) is 1. The van der Waals surface area contributed by atoms with Crippen molar-refractivity contribution in [1.82, 2.24) is 0 Å². The lowest BCUT2D eigenvalue weighted by Gasteiger charge is -2.13. The molecule has 0 spiro atoms. The van der Waals surface area contributed by atoms with Gasteiger partial charge in [0.1, 0.15) is 0 Å². The van der Waals surface area contributed by atoms with Crippen LogP contribution in [0.2, 0.25) is 0 Å². The second kappa shape index (κ2) is 5.52. The van der Waals surface area contributed by atoms with Gasteiger partial charge in [-0.1, -0.05) is 0 Å². The fraction of sp³-hybridized carbons (Fsp3) is 0.250. The summed E-state index contributed by atoms with van der Waals surface area (Å²) in [5.74, 6) is -1.08. The van der Waals surface area contributed by atoms with Gasteiger partial charge in [0.15, 0.2) is 6.29 Å². The number of halogens is 3. The quantitative estimate of drug-likeness (QED) is 0.626. The van der Waals surface area contributed by atoms with Gasteiger partial charge in [-0.2, -0.15) is 18.4 Å². The molecule has 1 aromatic carbocycles. The minimum atomic E-state index is -4.84. The van der Waals surface area contributed by atoms with Crippen LogP contribution >= 0.6 is 0 Å². The van der Waals surface area contributed by atoms with Crippen LogP contribution in [-0.2, 0) is 10.9 Å². The molecule has 0 N–H and O–H groups in total. The number of rotatable bonds is 3. The molecule has 0 amide bonds. The molecule has 100 valence electrons. The van der Waals surface area contributed by atoms with E-state index in [2.05, 4.69) is 4.74 Å². The average Bonchev–Trinajstić information content (AvgIpc) is 2.36. The third kappa shape index (κ3) is 3.10. The Balaban J connectivity index is 3.58. The van der Waals surface area contributed by atoms with Crippen LogP contribution in [0.5, 0.6) is 0 Å². The first-order chi connectivity index (χ1) is 8.85. The van der Waals surface area contributed by atoms with Gasteiger partial charge in [0, 0.05) is 5.56 Å². The molecule has 0 heterocycles. The second-order valence-corrected chi connectivity index (χ2v) is 3.43. The molecule has 0 aromatic heterocycles. The van der Waals surface area contributed by atoms with Crippen LogP contribution in [0.1, 0.15) is 38.8 Å². The van der Waals surface area contributed by atoms with E-state index in [1.807, 2.05) is 0 Å². The largest absolute Gasteiger partial charge is 0.462 e. The molecule has 1 aromatic rings. The van der Waals surface area contributed by atoms with E-state index in [1.54, 1.807) is 0 Å². The van der Waals surface area contributed by atoms with Gasteiger partial charge in [-0.25, -0.2) is 4.79 Å². The highest BCUT2D eigenvalue weighted by Gasteiger charge is 2.36. The molecule has 0 saturated carbocycles. The van der Waals surface area contributed by atoms with Crippen molar-refractivity contribution in [3.63, 3.8) is 0 Å². The number of carbonyl (C=O) groups is 2. The molecular weight excluding hydrogens is 263 g/mol. The standard InChI is InChI=1S/C12H8F3NO3/c1-2-19-11(18)8-3-7(5-16)4-10(9(8)6-17)12(13,14)15/h3-4,6H,2H2,1H3. The van der Waals surface area contributed by atoms with Crippen LogP contribution < -0.4 is 0 Å². The van der Waals surface area contributed by atoms with Crippen molar-refractivity contribution in [2.45, 2.75) is 13.1 Å². The summed E-state index contributed by atoms with van der Waals surface area (Å²) in [4.78, 5) is 22.3. The van der Waals surface area contributed by atoms with Gasteiger partial charge >= 0.3 is 12.1 Å². The predicted molar refractivity (Wildman–Crippen MR) is 57.5 cm³/mol. The van der Waals surface area contributed by atoms with Crippen molar-refractivity contribution in [2.75, 3.05) is 6.61 Å². The number of hydrogen-bond donors (Lipinski definition) is 0. The predicted octanol–water partition coefficient (Wildman–Crippen LogP) is 2.57. The minimum absolute atomic E-state index is 0.0603. The van der Waals surface area contributed by atoms with Gasteiger partial charge < -0.3 is 4.74 Å². The average molecular weight is 271 g/mol. The van der Waals surface area contributed by atoms with Gasteiger partial charge in [-0.15, -0.1) is 0 Å². The molecule has 0 atom stereocenters. The summed E-state index contributed by atoms with van der Waals surface area (Å²) in [7, 11) is 0. The van der Waals surface area contributed by atoms with Crippen LogP contribution in [0, 0.1) is 11.3 Å². The maximum absolute atomic E-state index is 12.8. The Morgan fingerprint density at radius 2 is 2.11 bits per heavy atom. The van der Waals surface area contributed by atoms with Crippen molar-refractivity contribution >= 4 is 12.3 Å². The topological polar surface area (TPSA) is 67.2 Å².